The maximum atomic E-state index is 13.7. The molecule has 0 spiro atoms. The summed E-state index contributed by atoms with van der Waals surface area (Å²) in [5, 5.41) is 4.10. The van der Waals surface area contributed by atoms with Crippen molar-refractivity contribution in [3.05, 3.63) is 76.7 Å². The third-order valence-corrected chi connectivity index (χ3v) is 5.73. The molecular formula is C23H19N5O3. The molecule has 31 heavy (non-hydrogen) atoms. The van der Waals surface area contributed by atoms with Crippen LogP contribution in [-0.4, -0.2) is 31.2 Å². The molecule has 8 heteroatoms. The van der Waals surface area contributed by atoms with Crippen molar-refractivity contribution in [2.75, 3.05) is 7.11 Å². The molecule has 1 fully saturated rings. The van der Waals surface area contributed by atoms with Crippen molar-refractivity contribution in [1.82, 2.24) is 24.1 Å². The first-order chi connectivity index (χ1) is 15.2. The minimum Gasteiger partial charge on any atom is -0.497 e. The number of ether oxygens (including phenoxy) is 1. The van der Waals surface area contributed by atoms with Crippen LogP contribution in [0.3, 0.4) is 0 Å². The molecule has 0 aliphatic heterocycles. The smallest absolute Gasteiger partial charge is 0.278 e. The van der Waals surface area contributed by atoms with Crippen molar-refractivity contribution >= 4 is 16.6 Å². The van der Waals surface area contributed by atoms with Crippen LogP contribution in [0.4, 0.5) is 0 Å². The average Bonchev–Trinajstić information content (AvgIpc) is 3.37. The van der Waals surface area contributed by atoms with Crippen LogP contribution in [0, 0.1) is 0 Å². The zero-order valence-corrected chi connectivity index (χ0v) is 16.9. The number of hydrogen-bond donors (Lipinski definition) is 0. The first kappa shape index (κ1) is 17.9. The van der Waals surface area contributed by atoms with Gasteiger partial charge in [-0.25, -0.2) is 4.98 Å². The predicted octanol–water partition coefficient (Wildman–Crippen LogP) is 3.63. The van der Waals surface area contributed by atoms with Crippen molar-refractivity contribution in [2.45, 2.75) is 25.3 Å². The van der Waals surface area contributed by atoms with Crippen LogP contribution in [0.5, 0.6) is 5.75 Å². The number of hydrogen-bond acceptors (Lipinski definition) is 6. The monoisotopic (exact) mass is 413 g/mol. The van der Waals surface area contributed by atoms with Crippen molar-refractivity contribution < 1.29 is 9.26 Å². The fourth-order valence-electron chi connectivity index (χ4n) is 3.93. The Labute approximate surface area is 176 Å². The molecule has 1 aliphatic rings. The Morgan fingerprint density at radius 1 is 1.10 bits per heavy atom. The molecule has 154 valence electrons. The van der Waals surface area contributed by atoms with Crippen molar-refractivity contribution in [3.63, 3.8) is 0 Å². The van der Waals surface area contributed by atoms with Gasteiger partial charge in [-0.1, -0.05) is 29.4 Å². The second kappa shape index (κ2) is 6.80. The number of para-hydroxylation sites is 2. The van der Waals surface area contributed by atoms with Crippen molar-refractivity contribution in [1.29, 1.82) is 0 Å². The Morgan fingerprint density at radius 3 is 2.61 bits per heavy atom. The van der Waals surface area contributed by atoms with Gasteiger partial charge in [-0.15, -0.1) is 0 Å². The number of methoxy groups -OCH3 is 1. The highest BCUT2D eigenvalue weighted by atomic mass is 16.5. The van der Waals surface area contributed by atoms with E-state index in [2.05, 4.69) is 15.1 Å². The molecule has 0 atom stereocenters. The standard InChI is InChI=1S/C23H19N5O3/c1-30-16-10-6-14(7-11-16)12-27-17-4-2-3-5-18(17)28-13-24-19(20(28)23(27)29)21-25-22(31-26-21)15-8-9-15/h2-7,10-11,13,15H,8-9,12H2,1H3. The highest BCUT2D eigenvalue weighted by Gasteiger charge is 2.30. The number of fused-ring (bicyclic) bond motifs is 3. The van der Waals surface area contributed by atoms with Crippen LogP contribution in [-0.2, 0) is 6.54 Å². The third kappa shape index (κ3) is 2.91. The lowest BCUT2D eigenvalue weighted by Gasteiger charge is -2.13. The summed E-state index contributed by atoms with van der Waals surface area (Å²) in [6.07, 6.45) is 3.77. The lowest BCUT2D eigenvalue weighted by atomic mass is 10.2. The summed E-state index contributed by atoms with van der Waals surface area (Å²) in [4.78, 5) is 22.7. The molecule has 0 N–H and O–H groups in total. The Bertz CT molecular complexity index is 1480. The molecule has 3 heterocycles. The molecule has 1 aliphatic carbocycles. The van der Waals surface area contributed by atoms with Crippen LogP contribution in [0.15, 0.2) is 64.2 Å². The highest BCUT2D eigenvalue weighted by Crippen LogP contribution is 2.39. The van der Waals surface area contributed by atoms with E-state index in [-0.39, 0.29) is 5.56 Å². The average molecular weight is 413 g/mol. The van der Waals surface area contributed by atoms with Gasteiger partial charge in [0.15, 0.2) is 0 Å². The normalized spacial score (nSPS) is 13.8. The van der Waals surface area contributed by atoms with E-state index < -0.39 is 0 Å². The second-order valence-corrected chi connectivity index (χ2v) is 7.77. The lowest BCUT2D eigenvalue weighted by molar-refractivity contribution is 0.380. The molecular weight excluding hydrogens is 394 g/mol. The Balaban J connectivity index is 1.55. The van der Waals surface area contributed by atoms with Gasteiger partial charge in [-0.3, -0.25) is 9.20 Å². The molecule has 3 aromatic heterocycles. The van der Waals surface area contributed by atoms with E-state index in [1.165, 1.54) is 0 Å². The Morgan fingerprint density at radius 2 is 1.87 bits per heavy atom. The quantitative estimate of drug-likeness (QED) is 0.437. The topological polar surface area (TPSA) is 87.5 Å². The van der Waals surface area contributed by atoms with E-state index in [0.29, 0.717) is 35.4 Å². The van der Waals surface area contributed by atoms with Crippen LogP contribution in [0.1, 0.15) is 30.2 Å². The molecule has 5 aromatic rings. The largest absolute Gasteiger partial charge is 0.497 e. The number of benzene rings is 2. The summed E-state index contributed by atoms with van der Waals surface area (Å²) in [6, 6.07) is 15.5. The summed E-state index contributed by atoms with van der Waals surface area (Å²) in [5.74, 6) is 2.09. The van der Waals surface area contributed by atoms with Gasteiger partial charge in [0.1, 0.15) is 23.3 Å². The minimum atomic E-state index is -0.153. The molecule has 0 saturated heterocycles. The molecule has 0 radical (unpaired) electrons. The maximum Gasteiger partial charge on any atom is 0.278 e. The van der Waals surface area contributed by atoms with Crippen molar-refractivity contribution in [2.24, 2.45) is 0 Å². The van der Waals surface area contributed by atoms with Gasteiger partial charge in [-0.2, -0.15) is 4.98 Å². The van der Waals surface area contributed by atoms with E-state index in [1.807, 2.05) is 52.9 Å². The van der Waals surface area contributed by atoms with Gasteiger partial charge in [0, 0.05) is 5.92 Å². The van der Waals surface area contributed by atoms with Crippen LogP contribution in [0.25, 0.3) is 28.1 Å². The first-order valence-corrected chi connectivity index (χ1v) is 10.2. The summed E-state index contributed by atoms with van der Waals surface area (Å²) in [6.45, 7) is 0.421. The van der Waals surface area contributed by atoms with E-state index in [0.717, 1.165) is 35.2 Å². The number of rotatable bonds is 5. The first-order valence-electron chi connectivity index (χ1n) is 10.2. The summed E-state index contributed by atoms with van der Waals surface area (Å²) >= 11 is 0. The number of aromatic nitrogens is 5. The number of nitrogens with zero attached hydrogens (tertiary/aromatic N) is 5. The van der Waals surface area contributed by atoms with Gasteiger partial charge in [-0.05, 0) is 42.7 Å². The summed E-state index contributed by atoms with van der Waals surface area (Å²) < 4.78 is 14.2. The van der Waals surface area contributed by atoms with E-state index in [9.17, 15) is 4.79 Å². The van der Waals surface area contributed by atoms with E-state index in [1.54, 1.807) is 18.0 Å². The molecule has 6 rings (SSSR count). The highest BCUT2D eigenvalue weighted by molar-refractivity contribution is 5.83. The molecule has 2 aromatic carbocycles. The maximum absolute atomic E-state index is 13.7. The van der Waals surface area contributed by atoms with E-state index >= 15 is 0 Å². The Kier molecular flexibility index (Phi) is 3.92. The molecule has 1 saturated carbocycles. The summed E-state index contributed by atoms with van der Waals surface area (Å²) in [5.41, 5.74) is 3.43. The molecule has 0 unspecified atom stereocenters. The molecule has 0 bridgehead atoms. The van der Waals surface area contributed by atoms with E-state index in [4.69, 9.17) is 9.26 Å². The van der Waals surface area contributed by atoms with Crippen LogP contribution >= 0.6 is 0 Å². The van der Waals surface area contributed by atoms with Gasteiger partial charge in [0.2, 0.25) is 11.7 Å². The molecule has 0 amide bonds. The third-order valence-electron chi connectivity index (χ3n) is 5.73. The summed E-state index contributed by atoms with van der Waals surface area (Å²) in [7, 11) is 1.63. The zero-order chi connectivity index (χ0) is 20.9. The number of imidazole rings is 1. The zero-order valence-electron chi connectivity index (χ0n) is 16.9. The fourth-order valence-corrected chi connectivity index (χ4v) is 3.93. The van der Waals surface area contributed by atoms with Crippen LogP contribution < -0.4 is 10.3 Å². The predicted molar refractivity (Wildman–Crippen MR) is 114 cm³/mol. The molecule has 8 nitrogen and oxygen atoms in total. The van der Waals surface area contributed by atoms with Crippen LogP contribution in [0.2, 0.25) is 0 Å². The Hall–Kier alpha value is -3.94. The SMILES string of the molecule is COc1ccc(Cn2c(=O)c3c(-c4noc(C5CC5)n4)ncn3c3ccccc32)cc1. The van der Waals surface area contributed by atoms with Gasteiger partial charge in [0.05, 0.1) is 24.7 Å². The van der Waals surface area contributed by atoms with Crippen molar-refractivity contribution in [3.8, 4) is 17.3 Å². The minimum absolute atomic E-state index is 0.153. The van der Waals surface area contributed by atoms with Gasteiger partial charge in [0.25, 0.3) is 5.56 Å². The lowest BCUT2D eigenvalue weighted by Crippen LogP contribution is -2.23. The van der Waals surface area contributed by atoms with Gasteiger partial charge >= 0.3 is 0 Å². The second-order valence-electron chi connectivity index (χ2n) is 7.77. The van der Waals surface area contributed by atoms with Gasteiger partial charge < -0.3 is 13.8 Å². The fraction of sp³-hybridized carbons (Fsp3) is 0.217.